The fourth-order valence-electron chi connectivity index (χ4n) is 2.64. The third kappa shape index (κ3) is 2.92. The van der Waals surface area contributed by atoms with E-state index in [0.29, 0.717) is 39.9 Å². The van der Waals surface area contributed by atoms with Gasteiger partial charge in [0, 0.05) is 29.2 Å². The number of hydrogen-bond donors (Lipinski definition) is 0. The topological polar surface area (TPSA) is 30.7 Å². The Morgan fingerprint density at radius 1 is 1.26 bits per heavy atom. The molecule has 0 spiro atoms. The van der Waals surface area contributed by atoms with Crippen LogP contribution in [0.1, 0.15) is 17.9 Å². The molecule has 2 aromatic heterocycles. The zero-order valence-electron chi connectivity index (χ0n) is 12.1. The number of imidazole rings is 1. The first kappa shape index (κ1) is 16.5. The summed E-state index contributed by atoms with van der Waals surface area (Å²) in [6.45, 7) is 0. The second kappa shape index (κ2) is 5.94. The Balaban J connectivity index is 2.40. The van der Waals surface area contributed by atoms with Gasteiger partial charge in [-0.15, -0.1) is 11.6 Å². The maximum Gasteiger partial charge on any atom is 0.435 e. The van der Waals surface area contributed by atoms with Crippen molar-refractivity contribution in [2.75, 3.05) is 5.88 Å². The normalized spacial score (nSPS) is 12.4. The molecule has 0 aliphatic carbocycles. The molecule has 2 heterocycles. The van der Waals surface area contributed by atoms with E-state index in [9.17, 15) is 13.2 Å². The number of aryl methyl sites for hydroxylation is 2. The van der Waals surface area contributed by atoms with E-state index >= 15 is 0 Å². The Hall–Kier alpha value is -1.34. The molecule has 0 N–H and O–H groups in total. The van der Waals surface area contributed by atoms with Crippen molar-refractivity contribution < 1.29 is 13.2 Å². The highest BCUT2D eigenvalue weighted by molar-refractivity contribution is 9.10. The van der Waals surface area contributed by atoms with Crippen LogP contribution in [-0.4, -0.2) is 20.4 Å². The first-order chi connectivity index (χ1) is 10.8. The number of aromatic nitrogens is 3. The van der Waals surface area contributed by atoms with Gasteiger partial charge >= 0.3 is 6.18 Å². The third-order valence-electron chi connectivity index (χ3n) is 3.66. The van der Waals surface area contributed by atoms with E-state index in [2.05, 4.69) is 25.9 Å². The minimum Gasteiger partial charge on any atom is -0.331 e. The maximum absolute atomic E-state index is 13.4. The molecule has 3 rings (SSSR count). The molecule has 122 valence electrons. The molecular formula is C15H12BrClF3N3. The lowest BCUT2D eigenvalue weighted by Gasteiger charge is -2.10. The van der Waals surface area contributed by atoms with Crippen molar-refractivity contribution in [2.24, 2.45) is 7.05 Å². The molecule has 0 bridgehead atoms. The summed E-state index contributed by atoms with van der Waals surface area (Å²) in [5.41, 5.74) is -0.337. The second-order valence-electron chi connectivity index (χ2n) is 5.20. The number of pyridine rings is 1. The van der Waals surface area contributed by atoms with E-state index in [0.717, 1.165) is 0 Å². The van der Waals surface area contributed by atoms with Crippen LogP contribution in [0.5, 0.6) is 0 Å². The Morgan fingerprint density at radius 2 is 2.00 bits per heavy atom. The summed E-state index contributed by atoms with van der Waals surface area (Å²) in [6, 6.07) is 5.11. The number of hydrogen-bond acceptors (Lipinski definition) is 2. The highest BCUT2D eigenvalue weighted by atomic mass is 79.9. The molecule has 0 aliphatic rings. The summed E-state index contributed by atoms with van der Waals surface area (Å²) >= 11 is 8.96. The molecule has 23 heavy (non-hydrogen) atoms. The van der Waals surface area contributed by atoms with Crippen LogP contribution in [0.3, 0.4) is 0 Å². The lowest BCUT2D eigenvalue weighted by Crippen LogP contribution is -2.09. The Bertz CT molecular complexity index is 889. The third-order valence-corrected chi connectivity index (χ3v) is 4.42. The van der Waals surface area contributed by atoms with Crippen LogP contribution in [-0.2, 0) is 19.6 Å². The molecule has 3 aromatic rings. The van der Waals surface area contributed by atoms with E-state index in [1.807, 2.05) is 0 Å². The molecular weight excluding hydrogens is 395 g/mol. The highest BCUT2D eigenvalue weighted by Gasteiger charge is 2.37. The smallest absolute Gasteiger partial charge is 0.331 e. The predicted octanol–water partition coefficient (Wildman–Crippen LogP) is 5.07. The number of halogens is 5. The average molecular weight is 407 g/mol. The van der Waals surface area contributed by atoms with Gasteiger partial charge in [-0.3, -0.25) is 0 Å². The summed E-state index contributed by atoms with van der Waals surface area (Å²) in [5, 5.41) is 0.642. The van der Waals surface area contributed by atoms with Crippen LogP contribution in [0.2, 0.25) is 0 Å². The largest absolute Gasteiger partial charge is 0.435 e. The fourth-order valence-corrected chi connectivity index (χ4v) is 3.12. The average Bonchev–Trinajstić information content (AvgIpc) is 2.80. The quantitative estimate of drug-likeness (QED) is 0.568. The van der Waals surface area contributed by atoms with Crippen LogP contribution in [0.25, 0.3) is 21.9 Å². The molecule has 0 fully saturated rings. The van der Waals surface area contributed by atoms with Crippen molar-refractivity contribution in [2.45, 2.75) is 19.0 Å². The highest BCUT2D eigenvalue weighted by Crippen LogP contribution is 2.37. The van der Waals surface area contributed by atoms with Gasteiger partial charge in [-0.05, 0) is 24.6 Å². The standard InChI is InChI=1S/C15H12BrClF3N3/c1-23-11(3-2-6-17)22-12-13(23)9-5-4-8(16)7-10(9)21-14(12)15(18,19)20/h4-5,7H,2-3,6H2,1H3. The van der Waals surface area contributed by atoms with Crippen LogP contribution >= 0.6 is 27.5 Å². The van der Waals surface area contributed by atoms with E-state index in [1.54, 1.807) is 29.8 Å². The predicted molar refractivity (Wildman–Crippen MR) is 87.8 cm³/mol. The van der Waals surface area contributed by atoms with Crippen LogP contribution in [0.4, 0.5) is 13.2 Å². The zero-order valence-corrected chi connectivity index (χ0v) is 14.4. The van der Waals surface area contributed by atoms with Crippen molar-refractivity contribution in [3.05, 3.63) is 34.2 Å². The number of rotatable bonds is 3. The first-order valence-corrected chi connectivity index (χ1v) is 8.23. The summed E-state index contributed by atoms with van der Waals surface area (Å²) in [6.07, 6.45) is -3.39. The minimum absolute atomic E-state index is 0.112. The molecule has 0 saturated heterocycles. The van der Waals surface area contributed by atoms with E-state index in [-0.39, 0.29) is 11.0 Å². The van der Waals surface area contributed by atoms with Crippen molar-refractivity contribution in [3.8, 4) is 0 Å². The zero-order chi connectivity index (χ0) is 16.8. The molecule has 0 saturated carbocycles. The summed E-state index contributed by atoms with van der Waals surface area (Å²) in [5.74, 6) is 1.00. The van der Waals surface area contributed by atoms with Crippen molar-refractivity contribution in [1.29, 1.82) is 0 Å². The molecule has 0 amide bonds. The van der Waals surface area contributed by atoms with E-state index in [1.165, 1.54) is 0 Å². The van der Waals surface area contributed by atoms with E-state index < -0.39 is 11.9 Å². The van der Waals surface area contributed by atoms with Crippen molar-refractivity contribution >= 4 is 49.5 Å². The Morgan fingerprint density at radius 3 is 2.65 bits per heavy atom. The van der Waals surface area contributed by atoms with Crippen LogP contribution in [0.15, 0.2) is 22.7 Å². The molecule has 0 aliphatic heterocycles. The van der Waals surface area contributed by atoms with Gasteiger partial charge < -0.3 is 4.57 Å². The monoisotopic (exact) mass is 405 g/mol. The van der Waals surface area contributed by atoms with Gasteiger partial charge in [-0.25, -0.2) is 9.97 Å². The number of nitrogens with zero attached hydrogens (tertiary/aromatic N) is 3. The van der Waals surface area contributed by atoms with Gasteiger partial charge in [0.1, 0.15) is 11.3 Å². The summed E-state index contributed by atoms with van der Waals surface area (Å²) < 4.78 is 42.6. The Kier molecular flexibility index (Phi) is 4.27. The van der Waals surface area contributed by atoms with Gasteiger partial charge in [-0.1, -0.05) is 15.9 Å². The summed E-state index contributed by atoms with van der Waals surface area (Å²) in [7, 11) is 1.72. The summed E-state index contributed by atoms with van der Waals surface area (Å²) in [4.78, 5) is 8.01. The number of benzene rings is 1. The van der Waals surface area contributed by atoms with E-state index in [4.69, 9.17) is 11.6 Å². The molecule has 0 unspecified atom stereocenters. The molecule has 8 heteroatoms. The maximum atomic E-state index is 13.4. The lowest BCUT2D eigenvalue weighted by atomic mass is 10.1. The Labute approximate surface area is 143 Å². The van der Waals surface area contributed by atoms with Gasteiger partial charge in [0.15, 0.2) is 5.69 Å². The number of alkyl halides is 4. The van der Waals surface area contributed by atoms with Gasteiger partial charge in [0.05, 0.1) is 11.0 Å². The molecule has 0 radical (unpaired) electrons. The number of fused-ring (bicyclic) bond motifs is 3. The van der Waals surface area contributed by atoms with Gasteiger partial charge in [0.25, 0.3) is 0 Å². The first-order valence-electron chi connectivity index (χ1n) is 6.90. The van der Waals surface area contributed by atoms with Crippen molar-refractivity contribution in [1.82, 2.24) is 14.5 Å². The SMILES string of the molecule is Cn1c(CCCCl)nc2c(C(F)(F)F)nc3cc(Br)ccc3c21. The van der Waals surface area contributed by atoms with Crippen LogP contribution < -0.4 is 0 Å². The molecule has 0 atom stereocenters. The lowest BCUT2D eigenvalue weighted by molar-refractivity contribution is -0.139. The van der Waals surface area contributed by atoms with Crippen molar-refractivity contribution in [3.63, 3.8) is 0 Å². The van der Waals surface area contributed by atoms with Gasteiger partial charge in [0.2, 0.25) is 0 Å². The van der Waals surface area contributed by atoms with Crippen LogP contribution in [0, 0.1) is 0 Å². The minimum atomic E-state index is -4.56. The fraction of sp³-hybridized carbons (Fsp3) is 0.333. The molecule has 1 aromatic carbocycles. The second-order valence-corrected chi connectivity index (χ2v) is 6.49. The molecule has 3 nitrogen and oxygen atoms in total. The van der Waals surface area contributed by atoms with Gasteiger partial charge in [-0.2, -0.15) is 13.2 Å².